The maximum atomic E-state index is 12.8. The molecule has 3 aromatic rings. The number of aryl methyl sites for hydroxylation is 1. The molecular formula is C26H30ClN6O3P. The summed E-state index contributed by atoms with van der Waals surface area (Å²) in [6.45, 7) is 9.78. The highest BCUT2D eigenvalue weighted by atomic mass is 35.5. The first-order valence-electron chi connectivity index (χ1n) is 12.1. The molecule has 2 aromatic carbocycles. The smallest absolute Gasteiger partial charge is 0.229 e. The first-order chi connectivity index (χ1) is 17.6. The Bertz CT molecular complexity index is 1410. The molecule has 1 amide bonds. The third-order valence-electron chi connectivity index (χ3n) is 6.65. The Balaban J connectivity index is 1.38. The normalized spacial score (nSPS) is 16.9. The number of amides is 1. The Hall–Kier alpha value is -3.29. The molecular weight excluding hydrogens is 511 g/mol. The van der Waals surface area contributed by atoms with Crippen LogP contribution in [0.25, 0.3) is 0 Å². The molecule has 0 unspecified atom stereocenters. The van der Waals surface area contributed by atoms with Crippen molar-refractivity contribution in [2.45, 2.75) is 19.9 Å². The van der Waals surface area contributed by atoms with Gasteiger partial charge in [-0.1, -0.05) is 23.7 Å². The molecule has 2 N–H and O–H groups in total. The minimum absolute atomic E-state index is 0.0976. The first-order valence-corrected chi connectivity index (χ1v) is 15.1. The maximum absolute atomic E-state index is 12.8. The monoisotopic (exact) mass is 540 g/mol. The highest BCUT2D eigenvalue weighted by molar-refractivity contribution is 7.70. The van der Waals surface area contributed by atoms with E-state index in [0.717, 1.165) is 34.5 Å². The second-order valence-electron chi connectivity index (χ2n) is 9.77. The van der Waals surface area contributed by atoms with Gasteiger partial charge in [0.25, 0.3) is 0 Å². The maximum Gasteiger partial charge on any atom is 0.229 e. The molecule has 0 radical (unpaired) electrons. The van der Waals surface area contributed by atoms with Gasteiger partial charge in [0.05, 0.1) is 23.6 Å². The molecule has 2 aliphatic rings. The van der Waals surface area contributed by atoms with Gasteiger partial charge in [0, 0.05) is 43.6 Å². The fourth-order valence-corrected chi connectivity index (χ4v) is 6.18. The molecule has 37 heavy (non-hydrogen) atoms. The van der Waals surface area contributed by atoms with Gasteiger partial charge in [-0.3, -0.25) is 4.79 Å². The first kappa shape index (κ1) is 25.4. The Morgan fingerprint density at radius 2 is 1.97 bits per heavy atom. The summed E-state index contributed by atoms with van der Waals surface area (Å²) in [6, 6.07) is 11.6. The lowest BCUT2D eigenvalue weighted by molar-refractivity contribution is -0.129. The number of piperazine rings is 1. The number of carbonyl (C=O) groups is 1. The highest BCUT2D eigenvalue weighted by Crippen LogP contribution is 2.41. The predicted molar refractivity (Wildman–Crippen MR) is 149 cm³/mol. The van der Waals surface area contributed by atoms with Crippen LogP contribution in [-0.4, -0.2) is 66.4 Å². The minimum atomic E-state index is -2.51. The lowest BCUT2D eigenvalue weighted by atomic mass is 10.0. The molecule has 1 aromatic heterocycles. The van der Waals surface area contributed by atoms with Gasteiger partial charge in [-0.2, -0.15) is 4.98 Å². The van der Waals surface area contributed by atoms with Crippen molar-refractivity contribution < 1.29 is 14.1 Å². The van der Waals surface area contributed by atoms with Crippen molar-refractivity contribution >= 4 is 58.8 Å². The summed E-state index contributed by atoms with van der Waals surface area (Å²) >= 11 is 6.40. The molecule has 1 fully saturated rings. The fourth-order valence-electron chi connectivity index (χ4n) is 4.88. The van der Waals surface area contributed by atoms with Gasteiger partial charge in [-0.05, 0) is 44.0 Å². The molecule has 194 valence electrons. The van der Waals surface area contributed by atoms with Crippen molar-refractivity contribution in [2.75, 3.05) is 55.1 Å². The summed E-state index contributed by atoms with van der Waals surface area (Å²) in [4.78, 5) is 25.0. The van der Waals surface area contributed by atoms with Crippen LogP contribution in [0.4, 0.5) is 28.8 Å². The molecule has 0 bridgehead atoms. The number of para-hydroxylation sites is 1. The van der Waals surface area contributed by atoms with Gasteiger partial charge in [0.1, 0.15) is 24.5 Å². The molecule has 3 heterocycles. The summed E-state index contributed by atoms with van der Waals surface area (Å²) in [5.74, 6) is 1.67. The standard InChI is InChI=1S/C26H30ClN6O3P/c1-16-11-18(12-22-24(16)33-10-9-32(17(2)34)14-19(33)15-36-22)29-26-28-13-20(27)25(31-26)30-21-7-5-6-8-23(21)37(3,4)35/h5-8,11-13,19H,9-10,14-15H2,1-4H3,(H2,28,29,30,31)/t19-/m0/s1. The average molecular weight is 541 g/mol. The average Bonchev–Trinajstić information content (AvgIpc) is 2.85. The number of carbonyl (C=O) groups excluding carboxylic acids is 1. The number of nitrogens with one attached hydrogen (secondary N) is 2. The van der Waals surface area contributed by atoms with Crippen molar-refractivity contribution in [1.82, 2.24) is 14.9 Å². The van der Waals surface area contributed by atoms with E-state index in [1.54, 1.807) is 20.3 Å². The van der Waals surface area contributed by atoms with E-state index in [0.29, 0.717) is 42.2 Å². The van der Waals surface area contributed by atoms with Gasteiger partial charge in [-0.25, -0.2) is 4.98 Å². The molecule has 5 rings (SSSR count). The number of fused-ring (bicyclic) bond motifs is 3. The summed E-state index contributed by atoms with van der Waals surface area (Å²) < 4.78 is 18.9. The third-order valence-corrected chi connectivity index (χ3v) is 8.48. The van der Waals surface area contributed by atoms with Gasteiger partial charge in [0.2, 0.25) is 11.9 Å². The summed E-state index contributed by atoms with van der Waals surface area (Å²) in [5.41, 5.74) is 3.60. The molecule has 1 atom stereocenters. The van der Waals surface area contributed by atoms with Crippen LogP contribution in [0.5, 0.6) is 5.75 Å². The third kappa shape index (κ3) is 5.24. The van der Waals surface area contributed by atoms with Crippen LogP contribution < -0.4 is 25.6 Å². The zero-order valence-electron chi connectivity index (χ0n) is 21.3. The number of ether oxygens (including phenoxy) is 1. The lowest BCUT2D eigenvalue weighted by Gasteiger charge is -2.46. The van der Waals surface area contributed by atoms with Crippen molar-refractivity contribution in [3.05, 3.63) is 53.2 Å². The molecule has 9 nitrogen and oxygen atoms in total. The largest absolute Gasteiger partial charge is 0.489 e. The molecule has 0 spiro atoms. The summed E-state index contributed by atoms with van der Waals surface area (Å²) in [6.07, 6.45) is 1.53. The topological polar surface area (TPSA) is 99.7 Å². The Labute approximate surface area is 221 Å². The number of rotatable bonds is 5. The Kier molecular flexibility index (Phi) is 6.77. The lowest BCUT2D eigenvalue weighted by Crippen LogP contribution is -2.58. The Morgan fingerprint density at radius 3 is 2.73 bits per heavy atom. The van der Waals surface area contributed by atoms with Crippen LogP contribution in [0.2, 0.25) is 5.02 Å². The van der Waals surface area contributed by atoms with Gasteiger partial charge < -0.3 is 29.7 Å². The van der Waals surface area contributed by atoms with Crippen molar-refractivity contribution in [1.29, 1.82) is 0 Å². The van der Waals surface area contributed by atoms with E-state index in [2.05, 4.69) is 25.5 Å². The van der Waals surface area contributed by atoms with Crippen molar-refractivity contribution in [3.8, 4) is 5.75 Å². The van der Waals surface area contributed by atoms with Crippen molar-refractivity contribution in [3.63, 3.8) is 0 Å². The molecule has 0 aliphatic carbocycles. The quantitative estimate of drug-likeness (QED) is 0.453. The van der Waals surface area contributed by atoms with E-state index in [-0.39, 0.29) is 11.9 Å². The number of aromatic nitrogens is 2. The van der Waals surface area contributed by atoms with Crippen LogP contribution in [-0.2, 0) is 9.36 Å². The predicted octanol–water partition coefficient (Wildman–Crippen LogP) is 4.60. The number of halogens is 1. The molecule has 11 heteroatoms. The molecule has 2 aliphatic heterocycles. The van der Waals surface area contributed by atoms with E-state index >= 15 is 0 Å². The van der Waals surface area contributed by atoms with Crippen LogP contribution in [0.15, 0.2) is 42.6 Å². The summed E-state index contributed by atoms with van der Waals surface area (Å²) in [7, 11) is -2.51. The highest BCUT2D eigenvalue weighted by Gasteiger charge is 2.35. The second kappa shape index (κ2) is 9.88. The summed E-state index contributed by atoms with van der Waals surface area (Å²) in [5, 5.41) is 7.56. The zero-order chi connectivity index (χ0) is 26.3. The van der Waals surface area contributed by atoms with E-state index in [1.807, 2.05) is 48.2 Å². The SMILES string of the molecule is CC(=O)N1CCN2c3c(C)cc(Nc4ncc(Cl)c(Nc5ccccc5P(C)(C)=O)n4)cc3OC[C@@H]2C1. The van der Waals surface area contributed by atoms with E-state index in [9.17, 15) is 9.36 Å². The number of hydrogen-bond acceptors (Lipinski definition) is 8. The van der Waals surface area contributed by atoms with Crippen LogP contribution in [0.3, 0.4) is 0 Å². The van der Waals surface area contributed by atoms with Gasteiger partial charge in [0.15, 0.2) is 5.82 Å². The second-order valence-corrected chi connectivity index (χ2v) is 13.4. The van der Waals surface area contributed by atoms with Crippen LogP contribution in [0, 0.1) is 6.92 Å². The number of benzene rings is 2. The van der Waals surface area contributed by atoms with Crippen molar-refractivity contribution in [2.24, 2.45) is 0 Å². The van der Waals surface area contributed by atoms with Crippen LogP contribution >= 0.6 is 18.7 Å². The number of anilines is 5. The zero-order valence-corrected chi connectivity index (χ0v) is 22.9. The van der Waals surface area contributed by atoms with Gasteiger partial charge >= 0.3 is 0 Å². The van der Waals surface area contributed by atoms with E-state index in [1.165, 1.54) is 6.20 Å². The molecule has 0 saturated carbocycles. The number of nitrogens with zero attached hydrogens (tertiary/aromatic N) is 4. The molecule has 1 saturated heterocycles. The fraction of sp³-hybridized carbons (Fsp3) is 0.346. The Morgan fingerprint density at radius 1 is 1.19 bits per heavy atom. The van der Waals surface area contributed by atoms with E-state index in [4.69, 9.17) is 16.3 Å². The minimum Gasteiger partial charge on any atom is -0.489 e. The number of hydrogen-bond donors (Lipinski definition) is 2. The van der Waals surface area contributed by atoms with Crippen LogP contribution in [0.1, 0.15) is 12.5 Å². The van der Waals surface area contributed by atoms with E-state index < -0.39 is 7.14 Å². The van der Waals surface area contributed by atoms with Gasteiger partial charge in [-0.15, -0.1) is 0 Å².